The molecule has 2 amide bonds. The van der Waals surface area contributed by atoms with Gasteiger partial charge in [-0.3, -0.25) is 14.3 Å². The van der Waals surface area contributed by atoms with Gasteiger partial charge in [-0.2, -0.15) is 0 Å². The van der Waals surface area contributed by atoms with Crippen LogP contribution < -0.4 is 5.69 Å². The molecule has 0 saturated carbocycles. The lowest BCUT2D eigenvalue weighted by atomic mass is 9.98. The van der Waals surface area contributed by atoms with Crippen LogP contribution in [0.2, 0.25) is 5.02 Å². The second-order valence-electron chi connectivity index (χ2n) is 12.1. The molecule has 44 heavy (non-hydrogen) atoms. The first kappa shape index (κ1) is 29.6. The number of aromatic nitrogens is 5. The number of imidazole rings is 1. The molecule has 1 fully saturated rings. The summed E-state index contributed by atoms with van der Waals surface area (Å²) in [5.74, 6) is 0.382. The summed E-state index contributed by atoms with van der Waals surface area (Å²) in [6, 6.07) is 9.20. The van der Waals surface area contributed by atoms with Gasteiger partial charge in [0.2, 0.25) is 17.7 Å². The number of nitrogens with zero attached hydrogens (tertiary/aromatic N) is 6. The number of pyridine rings is 1. The number of hydrogen-bond donors (Lipinski definition) is 1. The Balaban J connectivity index is 1.08. The largest absolute Gasteiger partial charge is 0.444 e. The molecule has 230 valence electrons. The van der Waals surface area contributed by atoms with Gasteiger partial charge in [0.1, 0.15) is 12.0 Å². The lowest BCUT2D eigenvalue weighted by Crippen LogP contribution is -2.41. The molecule has 1 saturated heterocycles. The Labute approximate surface area is 258 Å². The number of H-pyrrole nitrogens is 1. The molecule has 3 aromatic heterocycles. The zero-order valence-electron chi connectivity index (χ0n) is 24.9. The first-order valence-corrected chi connectivity index (χ1v) is 15.1. The molecule has 4 aromatic rings. The number of likely N-dealkylation sites (tertiary alicyclic amines) is 1. The molecule has 0 unspecified atom stereocenters. The van der Waals surface area contributed by atoms with E-state index >= 15 is 0 Å². The Kier molecular flexibility index (Phi) is 8.02. The first-order chi connectivity index (χ1) is 21.0. The van der Waals surface area contributed by atoms with Crippen molar-refractivity contribution in [2.75, 3.05) is 26.2 Å². The van der Waals surface area contributed by atoms with Crippen molar-refractivity contribution in [1.82, 2.24) is 34.5 Å². The molecule has 2 aliphatic heterocycles. The Morgan fingerprint density at radius 1 is 1.09 bits per heavy atom. The second kappa shape index (κ2) is 11.9. The number of ether oxygens (including phenoxy) is 1. The van der Waals surface area contributed by atoms with Gasteiger partial charge in [0.05, 0.1) is 5.52 Å². The number of benzene rings is 1. The highest BCUT2D eigenvalue weighted by atomic mass is 35.5. The van der Waals surface area contributed by atoms with E-state index in [1.165, 1.54) is 0 Å². The standard InChI is InChI=1S/C31H34ClN7O5/c1-31(2,3)44-30(42)38-11-6-19(7-12-38)20-15-21(17-22(32)16-20)28-36-35-25(43-28)18-26(40)37-13-8-23(9-14-37)39-24-5-4-10-33-27(24)34-29(39)41/h4-6,10,15-17,23H,7-9,11-14,18H2,1-3H3,(H,33,34,41). The van der Waals surface area contributed by atoms with Crippen LogP contribution in [0.15, 0.2) is 51.8 Å². The zero-order valence-corrected chi connectivity index (χ0v) is 25.6. The molecule has 12 nitrogen and oxygen atoms in total. The summed E-state index contributed by atoms with van der Waals surface area (Å²) in [6.07, 6.45) is 5.24. The van der Waals surface area contributed by atoms with Gasteiger partial charge in [0.25, 0.3) is 0 Å². The molecule has 13 heteroatoms. The average Bonchev–Trinajstić information content (AvgIpc) is 3.59. The van der Waals surface area contributed by atoms with Crippen molar-refractivity contribution in [3.8, 4) is 11.5 Å². The van der Waals surface area contributed by atoms with Crippen molar-refractivity contribution in [2.24, 2.45) is 0 Å². The van der Waals surface area contributed by atoms with Crippen molar-refractivity contribution in [2.45, 2.75) is 58.1 Å². The van der Waals surface area contributed by atoms with Crippen LogP contribution in [0.3, 0.4) is 0 Å². The normalized spacial score (nSPS) is 16.3. The maximum atomic E-state index is 13.1. The van der Waals surface area contributed by atoms with Crippen LogP contribution in [0.1, 0.15) is 57.5 Å². The number of fused-ring (bicyclic) bond motifs is 1. The fourth-order valence-corrected chi connectivity index (χ4v) is 5.93. The van der Waals surface area contributed by atoms with Crippen LogP contribution in [-0.2, 0) is 16.0 Å². The maximum absolute atomic E-state index is 13.1. The van der Waals surface area contributed by atoms with Crippen molar-refractivity contribution in [1.29, 1.82) is 0 Å². The number of piperidine rings is 1. The average molecular weight is 620 g/mol. The molecular weight excluding hydrogens is 586 g/mol. The van der Waals surface area contributed by atoms with Gasteiger partial charge in [-0.15, -0.1) is 10.2 Å². The van der Waals surface area contributed by atoms with Crippen molar-refractivity contribution in [3.63, 3.8) is 0 Å². The van der Waals surface area contributed by atoms with Gasteiger partial charge >= 0.3 is 11.8 Å². The number of hydrogen-bond acceptors (Lipinski definition) is 8. The second-order valence-corrected chi connectivity index (χ2v) is 12.5. The van der Waals surface area contributed by atoms with Gasteiger partial charge in [-0.1, -0.05) is 17.7 Å². The predicted molar refractivity (Wildman–Crippen MR) is 164 cm³/mol. The third-order valence-corrected chi connectivity index (χ3v) is 8.04. The fraction of sp³-hybridized carbons (Fsp3) is 0.419. The van der Waals surface area contributed by atoms with Crippen LogP contribution in [-0.4, -0.2) is 78.3 Å². The fourth-order valence-electron chi connectivity index (χ4n) is 5.70. The Hall–Kier alpha value is -4.45. The number of amides is 2. The van der Waals surface area contributed by atoms with Gasteiger partial charge in [0.15, 0.2) is 5.65 Å². The molecule has 0 atom stereocenters. The number of carbonyl (C=O) groups is 2. The molecule has 5 heterocycles. The number of aromatic amines is 1. The van der Waals surface area contributed by atoms with Crippen LogP contribution in [0.25, 0.3) is 28.2 Å². The minimum atomic E-state index is -0.550. The summed E-state index contributed by atoms with van der Waals surface area (Å²) in [4.78, 5) is 48.6. The molecule has 0 bridgehead atoms. The Morgan fingerprint density at radius 3 is 2.59 bits per heavy atom. The summed E-state index contributed by atoms with van der Waals surface area (Å²) in [5, 5.41) is 8.82. The molecule has 2 aliphatic rings. The summed E-state index contributed by atoms with van der Waals surface area (Å²) >= 11 is 6.47. The van der Waals surface area contributed by atoms with E-state index in [1.54, 1.807) is 26.6 Å². The molecular formula is C31H34ClN7O5. The summed E-state index contributed by atoms with van der Waals surface area (Å²) in [7, 11) is 0. The highest BCUT2D eigenvalue weighted by Gasteiger charge is 2.28. The van der Waals surface area contributed by atoms with Crippen LogP contribution in [0.5, 0.6) is 0 Å². The maximum Gasteiger partial charge on any atom is 0.410 e. The number of carbonyl (C=O) groups excluding carboxylic acids is 2. The van der Waals surface area contributed by atoms with Crippen LogP contribution in [0, 0.1) is 0 Å². The van der Waals surface area contributed by atoms with E-state index in [1.807, 2.05) is 51.1 Å². The topological polar surface area (TPSA) is 139 Å². The van der Waals surface area contributed by atoms with Gasteiger partial charge in [-0.25, -0.2) is 14.6 Å². The lowest BCUT2D eigenvalue weighted by Gasteiger charge is -2.32. The Bertz CT molecular complexity index is 1790. The minimum absolute atomic E-state index is 0.0174. The monoisotopic (exact) mass is 619 g/mol. The lowest BCUT2D eigenvalue weighted by molar-refractivity contribution is -0.132. The highest BCUT2D eigenvalue weighted by Crippen LogP contribution is 2.31. The molecule has 0 spiro atoms. The van der Waals surface area contributed by atoms with E-state index in [2.05, 4.69) is 20.2 Å². The number of nitrogens with one attached hydrogen (secondary N) is 1. The van der Waals surface area contributed by atoms with Crippen LogP contribution >= 0.6 is 11.6 Å². The van der Waals surface area contributed by atoms with Crippen molar-refractivity contribution in [3.05, 3.63) is 69.6 Å². The number of halogens is 1. The molecule has 0 aliphatic carbocycles. The number of rotatable bonds is 5. The zero-order chi connectivity index (χ0) is 31.0. The predicted octanol–water partition coefficient (Wildman–Crippen LogP) is 4.86. The first-order valence-electron chi connectivity index (χ1n) is 14.7. The van der Waals surface area contributed by atoms with E-state index < -0.39 is 5.60 Å². The SMILES string of the molecule is CC(C)(C)OC(=O)N1CC=C(c2cc(Cl)cc(-c3nnc(CC(=O)N4CCC(n5c(=O)[nH]c6ncccc65)CC4)o3)c2)CC1. The van der Waals surface area contributed by atoms with E-state index in [-0.39, 0.29) is 41.9 Å². The third kappa shape index (κ3) is 6.40. The minimum Gasteiger partial charge on any atom is -0.444 e. The highest BCUT2D eigenvalue weighted by molar-refractivity contribution is 6.31. The summed E-state index contributed by atoms with van der Waals surface area (Å²) < 4.78 is 13.1. The summed E-state index contributed by atoms with van der Waals surface area (Å²) in [6.45, 7) is 7.54. The smallest absolute Gasteiger partial charge is 0.410 e. The quantitative estimate of drug-likeness (QED) is 0.334. The van der Waals surface area contributed by atoms with Gasteiger partial charge < -0.3 is 19.0 Å². The third-order valence-electron chi connectivity index (χ3n) is 7.82. The molecule has 6 rings (SSSR count). The van der Waals surface area contributed by atoms with E-state index in [0.717, 1.165) is 16.7 Å². The van der Waals surface area contributed by atoms with E-state index in [9.17, 15) is 14.4 Å². The molecule has 1 N–H and O–H groups in total. The van der Waals surface area contributed by atoms with E-state index in [4.69, 9.17) is 20.8 Å². The van der Waals surface area contributed by atoms with Crippen molar-refractivity contribution < 1.29 is 18.7 Å². The Morgan fingerprint density at radius 2 is 1.86 bits per heavy atom. The molecule has 0 radical (unpaired) electrons. The summed E-state index contributed by atoms with van der Waals surface area (Å²) in [5.41, 5.74) is 3.20. The van der Waals surface area contributed by atoms with Crippen molar-refractivity contribution >= 4 is 40.3 Å². The van der Waals surface area contributed by atoms with Gasteiger partial charge in [-0.05, 0) is 81.5 Å². The van der Waals surface area contributed by atoms with E-state index in [0.29, 0.717) is 61.7 Å². The molecule has 1 aromatic carbocycles. The van der Waals surface area contributed by atoms with Gasteiger partial charge in [0, 0.05) is 49.0 Å². The van der Waals surface area contributed by atoms with Crippen LogP contribution in [0.4, 0.5) is 4.79 Å².